The number of hydrogen-bond acceptors (Lipinski definition) is 5. The molecule has 6 heteroatoms. The molecule has 3 aromatic rings. The molecule has 1 amide bonds. The summed E-state index contributed by atoms with van der Waals surface area (Å²) in [6.07, 6.45) is 10.6. The second-order valence-electron chi connectivity index (χ2n) is 13.5. The lowest BCUT2D eigenvalue weighted by Crippen LogP contribution is -2.46. The van der Waals surface area contributed by atoms with E-state index in [9.17, 15) is 4.79 Å². The third-order valence-electron chi connectivity index (χ3n) is 9.86. The molecule has 1 N–H and O–H groups in total. The van der Waals surface area contributed by atoms with Gasteiger partial charge in [0.05, 0.1) is 5.69 Å². The van der Waals surface area contributed by atoms with Gasteiger partial charge in [-0.15, -0.1) is 0 Å². The van der Waals surface area contributed by atoms with Gasteiger partial charge >= 0.3 is 6.09 Å². The number of para-hydroxylation sites is 1. The third kappa shape index (κ3) is 10.4. The van der Waals surface area contributed by atoms with E-state index in [4.69, 9.17) is 4.74 Å². The van der Waals surface area contributed by atoms with Gasteiger partial charge in [0.25, 0.3) is 0 Å². The molecule has 5 rings (SSSR count). The number of ether oxygens (including phenoxy) is 1. The van der Waals surface area contributed by atoms with E-state index in [0.29, 0.717) is 6.04 Å². The van der Waals surface area contributed by atoms with Gasteiger partial charge in [0.15, 0.2) is 0 Å². The van der Waals surface area contributed by atoms with Gasteiger partial charge in [-0.3, -0.25) is 10.2 Å². The summed E-state index contributed by atoms with van der Waals surface area (Å²) in [5.41, 5.74) is 3.86. The molecule has 45 heavy (non-hydrogen) atoms. The monoisotopic (exact) mass is 610 g/mol. The zero-order valence-electron chi connectivity index (χ0n) is 27.6. The van der Waals surface area contributed by atoms with Crippen LogP contribution in [-0.2, 0) is 11.3 Å². The number of likely N-dealkylation sites (N-methyl/N-ethyl adjacent to an activating group) is 1. The highest BCUT2D eigenvalue weighted by molar-refractivity contribution is 5.91. The van der Waals surface area contributed by atoms with Gasteiger partial charge in [-0.25, -0.2) is 4.79 Å². The van der Waals surface area contributed by atoms with E-state index >= 15 is 0 Å². The maximum absolute atomic E-state index is 12.9. The van der Waals surface area contributed by atoms with Gasteiger partial charge in [-0.05, 0) is 76.4 Å². The normalized spacial score (nSPS) is 18.7. The van der Waals surface area contributed by atoms with Crippen molar-refractivity contribution in [2.24, 2.45) is 0 Å². The third-order valence-corrected chi connectivity index (χ3v) is 9.86. The van der Waals surface area contributed by atoms with Crippen LogP contribution < -0.4 is 5.32 Å². The van der Waals surface area contributed by atoms with Crippen LogP contribution in [0.3, 0.4) is 0 Å². The van der Waals surface area contributed by atoms with Crippen molar-refractivity contribution >= 4 is 11.8 Å². The largest absolute Gasteiger partial charge is 0.443 e. The fourth-order valence-electron chi connectivity index (χ4n) is 6.92. The van der Waals surface area contributed by atoms with Crippen molar-refractivity contribution in [3.05, 3.63) is 90.5 Å². The van der Waals surface area contributed by atoms with Crippen molar-refractivity contribution in [2.45, 2.75) is 82.9 Å². The fraction of sp³-hybridized carbons (Fsp3) is 0.513. The number of carbonyl (C=O) groups is 1. The molecule has 0 spiro atoms. The molecule has 0 aliphatic carbocycles. The molecule has 0 radical (unpaired) electrons. The number of piperidine rings is 1. The molecule has 0 saturated carbocycles. The van der Waals surface area contributed by atoms with Crippen LogP contribution in [-0.4, -0.2) is 78.8 Å². The van der Waals surface area contributed by atoms with E-state index in [-0.39, 0.29) is 6.09 Å². The van der Waals surface area contributed by atoms with Crippen LogP contribution in [0.4, 0.5) is 10.5 Å². The molecular weight excluding hydrogens is 556 g/mol. The van der Waals surface area contributed by atoms with Crippen molar-refractivity contribution in [3.8, 4) is 11.1 Å². The number of unbranched alkanes of at least 4 members (excludes halogenated alkanes) is 5. The Morgan fingerprint density at radius 3 is 2.22 bits per heavy atom. The summed E-state index contributed by atoms with van der Waals surface area (Å²) < 4.78 is 6.00. The van der Waals surface area contributed by atoms with E-state index < -0.39 is 5.60 Å². The first kappa shape index (κ1) is 33.2. The molecule has 242 valence electrons. The van der Waals surface area contributed by atoms with Gasteiger partial charge < -0.3 is 14.5 Å². The molecule has 0 unspecified atom stereocenters. The molecule has 0 aromatic heterocycles. The summed E-state index contributed by atoms with van der Waals surface area (Å²) in [6, 6.07) is 29.6. The lowest BCUT2D eigenvalue weighted by molar-refractivity contribution is -0.0163. The van der Waals surface area contributed by atoms with Crippen molar-refractivity contribution in [2.75, 3.05) is 51.6 Å². The summed E-state index contributed by atoms with van der Waals surface area (Å²) in [5, 5.41) is 3.01. The van der Waals surface area contributed by atoms with Crippen molar-refractivity contribution < 1.29 is 9.53 Å². The summed E-state index contributed by atoms with van der Waals surface area (Å²) >= 11 is 0. The summed E-state index contributed by atoms with van der Waals surface area (Å²) in [7, 11) is 2.32. The first-order valence-corrected chi connectivity index (χ1v) is 17.3. The van der Waals surface area contributed by atoms with Gasteiger partial charge in [0.1, 0.15) is 5.60 Å². The van der Waals surface area contributed by atoms with Crippen molar-refractivity contribution in [1.82, 2.24) is 14.7 Å². The minimum Gasteiger partial charge on any atom is -0.443 e. The smallest absolute Gasteiger partial charge is 0.412 e. The van der Waals surface area contributed by atoms with E-state index in [2.05, 4.69) is 76.5 Å². The average Bonchev–Trinajstić information content (AvgIpc) is 3.53. The standard InChI is InChI=1S/C39H54N4O2/c1-39(45-38(44)40-37-22-14-13-21-36(37)34-19-11-8-12-20-34)24-29-42(30-25-39)27-16-6-4-3-5-15-26-41(2)35-23-28-43(32-35)31-33-17-9-7-10-18-33/h7-14,17-22,35H,3-6,15-16,23-32H2,1-2H3,(H,40,44)/t35-/m0/s1. The first-order chi connectivity index (χ1) is 22.0. The lowest BCUT2D eigenvalue weighted by atomic mass is 9.93. The number of anilines is 1. The number of benzene rings is 3. The highest BCUT2D eigenvalue weighted by Gasteiger charge is 2.33. The number of rotatable bonds is 15. The van der Waals surface area contributed by atoms with Gasteiger partial charge in [-0.2, -0.15) is 0 Å². The second-order valence-corrected chi connectivity index (χ2v) is 13.5. The summed E-state index contributed by atoms with van der Waals surface area (Å²) in [4.78, 5) is 20.7. The maximum atomic E-state index is 12.9. The number of nitrogens with one attached hydrogen (secondary N) is 1. The molecule has 1 atom stereocenters. The van der Waals surface area contributed by atoms with E-state index in [1.807, 2.05) is 42.5 Å². The Balaban J connectivity index is 0.898. The number of nitrogens with zero attached hydrogens (tertiary/aromatic N) is 3. The Hall–Kier alpha value is -3.19. The Kier molecular flexibility index (Phi) is 12.5. The van der Waals surface area contributed by atoms with Crippen LogP contribution in [0.15, 0.2) is 84.9 Å². The SMILES string of the molecule is CN(CCCCCCCCN1CCC(C)(OC(=O)Nc2ccccc2-c2ccccc2)CC1)[C@H]1CCN(Cc2ccccc2)C1. The second kappa shape index (κ2) is 16.9. The molecule has 2 fully saturated rings. The molecule has 2 saturated heterocycles. The summed E-state index contributed by atoms with van der Waals surface area (Å²) in [5.74, 6) is 0. The van der Waals surface area contributed by atoms with Crippen molar-refractivity contribution in [1.29, 1.82) is 0 Å². The zero-order chi connectivity index (χ0) is 31.3. The fourth-order valence-corrected chi connectivity index (χ4v) is 6.92. The van der Waals surface area contributed by atoms with Crippen molar-refractivity contribution in [3.63, 3.8) is 0 Å². The highest BCUT2D eigenvalue weighted by atomic mass is 16.6. The number of likely N-dealkylation sites (tertiary alicyclic amines) is 2. The molecule has 2 aliphatic rings. The molecule has 6 nitrogen and oxygen atoms in total. The van der Waals surface area contributed by atoms with E-state index in [1.165, 1.54) is 70.1 Å². The Morgan fingerprint density at radius 2 is 1.47 bits per heavy atom. The predicted octanol–water partition coefficient (Wildman–Crippen LogP) is 8.30. The van der Waals surface area contributed by atoms with E-state index in [1.54, 1.807) is 0 Å². The van der Waals surface area contributed by atoms with Crippen LogP contribution in [0.2, 0.25) is 0 Å². The highest BCUT2D eigenvalue weighted by Crippen LogP contribution is 2.30. The number of carbonyl (C=O) groups excluding carboxylic acids is 1. The number of amides is 1. The molecule has 3 aromatic carbocycles. The number of hydrogen-bond donors (Lipinski definition) is 1. The van der Waals surface area contributed by atoms with Crippen LogP contribution in [0.1, 0.15) is 70.3 Å². The zero-order valence-corrected chi connectivity index (χ0v) is 27.6. The Morgan fingerprint density at radius 1 is 0.822 bits per heavy atom. The predicted molar refractivity (Wildman–Crippen MR) is 187 cm³/mol. The minimum atomic E-state index is -0.423. The first-order valence-electron chi connectivity index (χ1n) is 17.3. The lowest BCUT2D eigenvalue weighted by Gasteiger charge is -2.38. The average molecular weight is 611 g/mol. The molecule has 2 aliphatic heterocycles. The maximum Gasteiger partial charge on any atom is 0.412 e. The minimum absolute atomic E-state index is 0.367. The molecule has 0 bridgehead atoms. The van der Waals surface area contributed by atoms with Crippen LogP contribution >= 0.6 is 0 Å². The van der Waals surface area contributed by atoms with Gasteiger partial charge in [-0.1, -0.05) is 105 Å². The van der Waals surface area contributed by atoms with Crippen LogP contribution in [0.5, 0.6) is 0 Å². The topological polar surface area (TPSA) is 48.1 Å². The van der Waals surface area contributed by atoms with Crippen LogP contribution in [0.25, 0.3) is 11.1 Å². The Labute approximate surface area is 271 Å². The van der Waals surface area contributed by atoms with E-state index in [0.717, 1.165) is 55.8 Å². The van der Waals surface area contributed by atoms with Crippen LogP contribution in [0, 0.1) is 0 Å². The van der Waals surface area contributed by atoms with Gasteiger partial charge in [0, 0.05) is 44.3 Å². The molecular formula is C39H54N4O2. The van der Waals surface area contributed by atoms with Gasteiger partial charge in [0.2, 0.25) is 0 Å². The molecule has 2 heterocycles. The quantitative estimate of drug-likeness (QED) is 0.175. The Bertz CT molecular complexity index is 1290. The summed E-state index contributed by atoms with van der Waals surface area (Å²) in [6.45, 7) is 9.92.